The van der Waals surface area contributed by atoms with Crippen molar-refractivity contribution < 1.29 is 17.9 Å². The summed E-state index contributed by atoms with van der Waals surface area (Å²) in [6, 6.07) is 6.00. The molecule has 2 aromatic rings. The summed E-state index contributed by atoms with van der Waals surface area (Å²) in [5, 5.41) is 3.20. The van der Waals surface area contributed by atoms with Gasteiger partial charge in [-0.3, -0.25) is 4.98 Å². The van der Waals surface area contributed by atoms with Crippen LogP contribution in [0.4, 0.5) is 19.0 Å². The van der Waals surface area contributed by atoms with Gasteiger partial charge in [-0.25, -0.2) is 9.97 Å². The molecule has 27 heavy (non-hydrogen) atoms. The highest BCUT2D eigenvalue weighted by molar-refractivity contribution is 5.53. The highest BCUT2D eigenvalue weighted by Gasteiger charge is 2.40. The van der Waals surface area contributed by atoms with Crippen molar-refractivity contribution in [3.8, 4) is 11.5 Å². The van der Waals surface area contributed by atoms with Crippen molar-refractivity contribution in [2.75, 3.05) is 11.9 Å². The maximum Gasteiger partial charge on any atom is 0.433 e. The highest BCUT2D eigenvalue weighted by Crippen LogP contribution is 2.40. The predicted octanol–water partition coefficient (Wildman–Crippen LogP) is 4.46. The van der Waals surface area contributed by atoms with Gasteiger partial charge in [-0.05, 0) is 37.8 Å². The Labute approximate surface area is 155 Å². The molecule has 2 fully saturated rings. The molecular weight excluding hydrogens is 357 g/mol. The molecule has 1 spiro atoms. The fourth-order valence-corrected chi connectivity index (χ4v) is 4.00. The van der Waals surface area contributed by atoms with Crippen LogP contribution in [-0.4, -0.2) is 33.2 Å². The van der Waals surface area contributed by atoms with Crippen LogP contribution in [0.15, 0.2) is 30.5 Å². The van der Waals surface area contributed by atoms with Gasteiger partial charge in [0.1, 0.15) is 11.5 Å². The molecule has 5 nitrogen and oxygen atoms in total. The molecule has 2 aromatic heterocycles. The van der Waals surface area contributed by atoms with E-state index in [-0.39, 0.29) is 23.3 Å². The number of anilines is 1. The first-order chi connectivity index (χ1) is 12.9. The highest BCUT2D eigenvalue weighted by atomic mass is 19.4. The number of hydrogen-bond acceptors (Lipinski definition) is 5. The van der Waals surface area contributed by atoms with Gasteiger partial charge < -0.3 is 10.1 Å². The van der Waals surface area contributed by atoms with Crippen LogP contribution in [0.1, 0.15) is 44.2 Å². The van der Waals surface area contributed by atoms with Gasteiger partial charge in [-0.1, -0.05) is 18.9 Å². The molecule has 1 atom stereocenters. The fourth-order valence-electron chi connectivity index (χ4n) is 4.00. The second-order valence-corrected chi connectivity index (χ2v) is 7.25. The van der Waals surface area contributed by atoms with Crippen molar-refractivity contribution in [1.82, 2.24) is 15.0 Å². The second kappa shape index (κ2) is 7.07. The number of nitrogens with one attached hydrogen (secondary N) is 1. The first-order valence-corrected chi connectivity index (χ1v) is 9.22. The Bertz CT molecular complexity index is 791. The van der Waals surface area contributed by atoms with Gasteiger partial charge in [0.05, 0.1) is 5.60 Å². The molecular formula is C19H21F3N4O. The van der Waals surface area contributed by atoms with E-state index in [1.807, 2.05) is 0 Å². The molecule has 1 N–H and O–H groups in total. The van der Waals surface area contributed by atoms with Crippen LogP contribution in [-0.2, 0) is 10.9 Å². The molecule has 1 saturated heterocycles. The predicted molar refractivity (Wildman–Crippen MR) is 94.1 cm³/mol. The number of rotatable bonds is 3. The Balaban J connectivity index is 1.61. The summed E-state index contributed by atoms with van der Waals surface area (Å²) in [5.74, 6) is 0.147. The van der Waals surface area contributed by atoms with Crippen molar-refractivity contribution in [2.24, 2.45) is 0 Å². The van der Waals surface area contributed by atoms with Crippen LogP contribution in [0.3, 0.4) is 0 Å². The molecule has 3 heterocycles. The van der Waals surface area contributed by atoms with E-state index in [2.05, 4.69) is 20.3 Å². The van der Waals surface area contributed by atoms with Crippen LogP contribution in [0, 0.1) is 0 Å². The minimum Gasteiger partial charge on any atom is -0.375 e. The quantitative estimate of drug-likeness (QED) is 0.854. The van der Waals surface area contributed by atoms with Gasteiger partial charge in [0.2, 0.25) is 0 Å². The van der Waals surface area contributed by atoms with Crippen LogP contribution in [0.25, 0.3) is 11.5 Å². The summed E-state index contributed by atoms with van der Waals surface area (Å²) in [6.45, 7) is 0.613. The lowest BCUT2D eigenvalue weighted by molar-refractivity contribution is -0.141. The number of pyridine rings is 1. The lowest BCUT2D eigenvalue weighted by Crippen LogP contribution is -2.42. The van der Waals surface area contributed by atoms with Crippen molar-refractivity contribution in [1.29, 1.82) is 0 Å². The van der Waals surface area contributed by atoms with Gasteiger partial charge in [-0.2, -0.15) is 13.2 Å². The van der Waals surface area contributed by atoms with E-state index in [4.69, 9.17) is 4.74 Å². The largest absolute Gasteiger partial charge is 0.433 e. The number of halogens is 3. The van der Waals surface area contributed by atoms with Gasteiger partial charge in [0.15, 0.2) is 11.5 Å². The molecule has 0 aromatic carbocycles. The van der Waals surface area contributed by atoms with Gasteiger partial charge in [0, 0.05) is 24.9 Å². The standard InChI is InChI=1S/C19H21F3N4O/c20-19(21,22)15-11-16(26-17(25-15)14-5-1-4-9-23-14)24-13-6-10-27-18(12-13)7-2-3-8-18/h1,4-5,9,11,13H,2-3,6-8,10,12H2,(H,24,25,26). The maximum absolute atomic E-state index is 13.3. The summed E-state index contributed by atoms with van der Waals surface area (Å²) in [6.07, 6.45) is 2.80. The van der Waals surface area contributed by atoms with Gasteiger partial charge in [-0.15, -0.1) is 0 Å². The van der Waals surface area contributed by atoms with E-state index < -0.39 is 11.9 Å². The smallest absolute Gasteiger partial charge is 0.375 e. The Morgan fingerprint density at radius 2 is 1.96 bits per heavy atom. The molecule has 1 aliphatic carbocycles. The molecule has 0 radical (unpaired) electrons. The average Bonchev–Trinajstić information content (AvgIpc) is 3.09. The molecule has 4 rings (SSSR count). The molecule has 1 saturated carbocycles. The zero-order valence-electron chi connectivity index (χ0n) is 14.8. The fraction of sp³-hybridized carbons (Fsp3) is 0.526. The van der Waals surface area contributed by atoms with E-state index >= 15 is 0 Å². The van der Waals surface area contributed by atoms with Gasteiger partial charge in [0.25, 0.3) is 0 Å². The van der Waals surface area contributed by atoms with Crippen molar-refractivity contribution >= 4 is 5.82 Å². The normalized spacial score (nSPS) is 22.1. The summed E-state index contributed by atoms with van der Waals surface area (Å²) >= 11 is 0. The molecule has 1 unspecified atom stereocenters. The number of aromatic nitrogens is 3. The lowest BCUT2D eigenvalue weighted by Gasteiger charge is -2.38. The first kappa shape index (κ1) is 18.2. The average molecular weight is 378 g/mol. The van der Waals surface area contributed by atoms with Crippen molar-refractivity contribution in [2.45, 2.75) is 56.3 Å². The third-order valence-corrected chi connectivity index (χ3v) is 5.27. The Kier molecular flexibility index (Phi) is 4.75. The van der Waals surface area contributed by atoms with Crippen LogP contribution < -0.4 is 5.32 Å². The molecule has 0 bridgehead atoms. The zero-order valence-corrected chi connectivity index (χ0v) is 14.8. The number of hydrogen-bond donors (Lipinski definition) is 1. The van der Waals surface area contributed by atoms with E-state index in [0.717, 1.165) is 44.6 Å². The molecule has 144 valence electrons. The van der Waals surface area contributed by atoms with E-state index in [9.17, 15) is 13.2 Å². The van der Waals surface area contributed by atoms with Crippen molar-refractivity contribution in [3.63, 3.8) is 0 Å². The minimum absolute atomic E-state index is 0.0319. The lowest BCUT2D eigenvalue weighted by atomic mass is 9.89. The maximum atomic E-state index is 13.3. The minimum atomic E-state index is -4.55. The summed E-state index contributed by atoms with van der Waals surface area (Å²) in [5.41, 5.74) is -0.784. The number of ether oxygens (including phenoxy) is 1. The third kappa shape index (κ3) is 4.05. The van der Waals surface area contributed by atoms with E-state index in [1.54, 1.807) is 18.2 Å². The van der Waals surface area contributed by atoms with Gasteiger partial charge >= 0.3 is 6.18 Å². The first-order valence-electron chi connectivity index (χ1n) is 9.22. The second-order valence-electron chi connectivity index (χ2n) is 7.25. The summed E-state index contributed by atoms with van der Waals surface area (Å²) in [4.78, 5) is 12.1. The summed E-state index contributed by atoms with van der Waals surface area (Å²) < 4.78 is 46.0. The van der Waals surface area contributed by atoms with E-state index in [1.165, 1.54) is 6.20 Å². The topological polar surface area (TPSA) is 59.9 Å². The molecule has 2 aliphatic rings. The Morgan fingerprint density at radius 3 is 2.67 bits per heavy atom. The zero-order chi connectivity index (χ0) is 18.9. The summed E-state index contributed by atoms with van der Waals surface area (Å²) in [7, 11) is 0. The Morgan fingerprint density at radius 1 is 1.15 bits per heavy atom. The number of nitrogens with zero attached hydrogens (tertiary/aromatic N) is 3. The molecule has 1 aliphatic heterocycles. The Hall–Kier alpha value is -2.22. The van der Waals surface area contributed by atoms with Crippen LogP contribution >= 0.6 is 0 Å². The monoisotopic (exact) mass is 378 g/mol. The molecule has 8 heteroatoms. The van der Waals surface area contributed by atoms with Crippen LogP contribution in [0.2, 0.25) is 0 Å². The molecule has 0 amide bonds. The van der Waals surface area contributed by atoms with Crippen LogP contribution in [0.5, 0.6) is 0 Å². The SMILES string of the molecule is FC(F)(F)c1cc(NC2CCOC3(CCCC3)C2)nc(-c2ccccn2)n1. The van der Waals surface area contributed by atoms with Crippen molar-refractivity contribution in [3.05, 3.63) is 36.2 Å². The number of alkyl halides is 3. The third-order valence-electron chi connectivity index (χ3n) is 5.27. The van der Waals surface area contributed by atoms with E-state index in [0.29, 0.717) is 12.3 Å².